The second-order valence-electron chi connectivity index (χ2n) is 5.13. The molecule has 80 valence electrons. The highest BCUT2D eigenvalue weighted by atomic mass is 16.5. The Labute approximate surface area is 82.7 Å². The zero-order valence-electron chi connectivity index (χ0n) is 10.1. The lowest BCUT2D eigenvalue weighted by Crippen LogP contribution is -2.44. The Morgan fingerprint density at radius 3 is 1.62 bits per heavy atom. The van der Waals surface area contributed by atoms with Crippen LogP contribution >= 0.6 is 0 Å². The van der Waals surface area contributed by atoms with Crippen molar-refractivity contribution in [1.82, 2.24) is 9.80 Å². The number of ether oxygens (including phenoxy) is 1. The van der Waals surface area contributed by atoms with E-state index >= 15 is 0 Å². The van der Waals surface area contributed by atoms with Crippen LogP contribution in [0.1, 0.15) is 20.8 Å². The predicted molar refractivity (Wildman–Crippen MR) is 56.6 cm³/mol. The molecule has 0 heterocycles. The van der Waals surface area contributed by atoms with E-state index in [1.165, 1.54) is 0 Å². The van der Waals surface area contributed by atoms with Crippen molar-refractivity contribution in [2.45, 2.75) is 27.1 Å². The van der Waals surface area contributed by atoms with Gasteiger partial charge in [-0.25, -0.2) is 0 Å². The molecule has 3 nitrogen and oxygen atoms in total. The molecule has 0 N–H and O–H groups in total. The maximum Gasteiger partial charge on any atom is 0.167 e. The van der Waals surface area contributed by atoms with E-state index in [4.69, 9.17) is 4.74 Å². The standard InChI is InChI=1S/C10H24N2O/c1-10(2,3)8-13-9(11(4)5)12(6)7/h9H,8H2,1-7H3. The highest BCUT2D eigenvalue weighted by molar-refractivity contribution is 4.61. The highest BCUT2D eigenvalue weighted by Gasteiger charge is 2.18. The van der Waals surface area contributed by atoms with Crippen LogP contribution in [0.25, 0.3) is 0 Å². The number of hydrogen-bond donors (Lipinski definition) is 0. The van der Waals surface area contributed by atoms with Gasteiger partial charge in [0.2, 0.25) is 0 Å². The van der Waals surface area contributed by atoms with Gasteiger partial charge in [0.1, 0.15) is 0 Å². The van der Waals surface area contributed by atoms with Crippen LogP contribution in [0.15, 0.2) is 0 Å². The Hall–Kier alpha value is -0.120. The summed E-state index contributed by atoms with van der Waals surface area (Å²) in [7, 11) is 8.08. The summed E-state index contributed by atoms with van der Waals surface area (Å²) in [5.41, 5.74) is 0.226. The molecule has 3 heteroatoms. The van der Waals surface area contributed by atoms with Crippen LogP contribution in [0.5, 0.6) is 0 Å². The number of rotatable bonds is 4. The number of hydrogen-bond acceptors (Lipinski definition) is 3. The van der Waals surface area contributed by atoms with E-state index in [1.807, 2.05) is 28.2 Å². The second kappa shape index (κ2) is 4.94. The average Bonchev–Trinajstić information content (AvgIpc) is 1.82. The van der Waals surface area contributed by atoms with Crippen molar-refractivity contribution in [2.24, 2.45) is 5.41 Å². The summed E-state index contributed by atoms with van der Waals surface area (Å²) in [5, 5.41) is 0. The van der Waals surface area contributed by atoms with E-state index in [9.17, 15) is 0 Å². The molecule has 0 saturated heterocycles. The predicted octanol–water partition coefficient (Wildman–Crippen LogP) is 1.46. The van der Waals surface area contributed by atoms with Crippen LogP contribution < -0.4 is 0 Å². The summed E-state index contributed by atoms with van der Waals surface area (Å²) in [6.07, 6.45) is 0.0687. The minimum Gasteiger partial charge on any atom is -0.349 e. The van der Waals surface area contributed by atoms with Crippen molar-refractivity contribution in [3.05, 3.63) is 0 Å². The van der Waals surface area contributed by atoms with Gasteiger partial charge in [-0.2, -0.15) is 0 Å². The molecule has 0 unspecified atom stereocenters. The molecule has 0 aromatic heterocycles. The molecular weight excluding hydrogens is 164 g/mol. The Balaban J connectivity index is 3.98. The molecule has 0 saturated carbocycles. The first-order valence-electron chi connectivity index (χ1n) is 4.68. The Morgan fingerprint density at radius 1 is 1.00 bits per heavy atom. The quantitative estimate of drug-likeness (QED) is 0.621. The van der Waals surface area contributed by atoms with Crippen molar-refractivity contribution in [1.29, 1.82) is 0 Å². The van der Waals surface area contributed by atoms with Crippen LogP contribution in [-0.2, 0) is 4.74 Å². The highest BCUT2D eigenvalue weighted by Crippen LogP contribution is 2.15. The van der Waals surface area contributed by atoms with Gasteiger partial charge in [0.05, 0.1) is 6.61 Å². The van der Waals surface area contributed by atoms with Gasteiger partial charge in [0, 0.05) is 0 Å². The third-order valence-electron chi connectivity index (χ3n) is 1.55. The summed E-state index contributed by atoms with van der Waals surface area (Å²) in [6.45, 7) is 7.30. The average molecular weight is 188 g/mol. The van der Waals surface area contributed by atoms with E-state index in [1.54, 1.807) is 0 Å². The zero-order valence-corrected chi connectivity index (χ0v) is 10.1. The lowest BCUT2D eigenvalue weighted by Gasteiger charge is -2.32. The first-order valence-corrected chi connectivity index (χ1v) is 4.68. The smallest absolute Gasteiger partial charge is 0.167 e. The largest absolute Gasteiger partial charge is 0.349 e. The molecule has 0 rings (SSSR count). The fraction of sp³-hybridized carbons (Fsp3) is 1.00. The molecule has 0 aliphatic rings. The summed E-state index contributed by atoms with van der Waals surface area (Å²) in [4.78, 5) is 4.12. The van der Waals surface area contributed by atoms with E-state index in [0.717, 1.165) is 6.61 Å². The molecule has 0 spiro atoms. The summed E-state index contributed by atoms with van der Waals surface area (Å²) >= 11 is 0. The van der Waals surface area contributed by atoms with E-state index in [-0.39, 0.29) is 11.8 Å². The Kier molecular flexibility index (Phi) is 4.89. The molecule has 0 aliphatic heterocycles. The van der Waals surface area contributed by atoms with Crippen LogP contribution in [0, 0.1) is 5.41 Å². The van der Waals surface area contributed by atoms with E-state index in [0.29, 0.717) is 0 Å². The van der Waals surface area contributed by atoms with Gasteiger partial charge in [-0.1, -0.05) is 20.8 Å². The lowest BCUT2D eigenvalue weighted by molar-refractivity contribution is -0.135. The normalized spacial score (nSPS) is 13.4. The topological polar surface area (TPSA) is 15.7 Å². The molecule has 0 radical (unpaired) electrons. The first kappa shape index (κ1) is 12.9. The van der Waals surface area contributed by atoms with Crippen molar-refractivity contribution in [3.8, 4) is 0 Å². The Morgan fingerprint density at radius 2 is 1.38 bits per heavy atom. The maximum atomic E-state index is 5.78. The maximum absolute atomic E-state index is 5.78. The molecule has 0 amide bonds. The molecule has 0 bridgehead atoms. The van der Waals surface area contributed by atoms with Crippen molar-refractivity contribution in [2.75, 3.05) is 34.8 Å². The van der Waals surface area contributed by atoms with Crippen molar-refractivity contribution in [3.63, 3.8) is 0 Å². The van der Waals surface area contributed by atoms with Crippen LogP contribution in [0.2, 0.25) is 0 Å². The third-order valence-corrected chi connectivity index (χ3v) is 1.55. The fourth-order valence-corrected chi connectivity index (χ4v) is 1.08. The van der Waals surface area contributed by atoms with Gasteiger partial charge in [-0.3, -0.25) is 9.80 Å². The minimum absolute atomic E-state index is 0.0687. The summed E-state index contributed by atoms with van der Waals surface area (Å²) in [6, 6.07) is 0. The van der Waals surface area contributed by atoms with Gasteiger partial charge in [-0.15, -0.1) is 0 Å². The second-order valence-corrected chi connectivity index (χ2v) is 5.13. The molecular formula is C10H24N2O. The molecule has 13 heavy (non-hydrogen) atoms. The van der Waals surface area contributed by atoms with Gasteiger partial charge >= 0.3 is 0 Å². The van der Waals surface area contributed by atoms with E-state index < -0.39 is 0 Å². The lowest BCUT2D eigenvalue weighted by atomic mass is 9.99. The molecule has 0 aromatic carbocycles. The van der Waals surface area contributed by atoms with Crippen LogP contribution in [0.4, 0.5) is 0 Å². The van der Waals surface area contributed by atoms with Crippen LogP contribution in [-0.4, -0.2) is 50.9 Å². The van der Waals surface area contributed by atoms with Crippen molar-refractivity contribution >= 4 is 0 Å². The Bertz CT molecular complexity index is 130. The molecule has 0 fully saturated rings. The minimum atomic E-state index is 0.0687. The first-order chi connectivity index (χ1) is 5.74. The molecule has 0 atom stereocenters. The van der Waals surface area contributed by atoms with E-state index in [2.05, 4.69) is 30.6 Å². The SMILES string of the molecule is CN(C)C(OCC(C)(C)C)N(C)C. The number of nitrogens with zero attached hydrogens (tertiary/aromatic N) is 2. The van der Waals surface area contributed by atoms with Crippen LogP contribution in [0.3, 0.4) is 0 Å². The van der Waals surface area contributed by atoms with Gasteiger partial charge < -0.3 is 4.74 Å². The van der Waals surface area contributed by atoms with Gasteiger partial charge in [0.25, 0.3) is 0 Å². The van der Waals surface area contributed by atoms with Gasteiger partial charge in [-0.05, 0) is 33.6 Å². The summed E-state index contributed by atoms with van der Waals surface area (Å²) < 4.78 is 5.78. The molecule has 0 aromatic rings. The van der Waals surface area contributed by atoms with Crippen molar-refractivity contribution < 1.29 is 4.74 Å². The zero-order chi connectivity index (χ0) is 10.6. The monoisotopic (exact) mass is 188 g/mol. The summed E-state index contributed by atoms with van der Waals surface area (Å²) in [5.74, 6) is 0. The fourth-order valence-electron chi connectivity index (χ4n) is 1.08. The molecule has 0 aliphatic carbocycles. The van der Waals surface area contributed by atoms with Gasteiger partial charge in [0.15, 0.2) is 6.35 Å². The third kappa shape index (κ3) is 6.02.